The fourth-order valence-electron chi connectivity index (χ4n) is 1.18. The Morgan fingerprint density at radius 1 is 1.54 bits per heavy atom. The average molecular weight is 260 g/mol. The predicted octanol–water partition coefficient (Wildman–Crippen LogP) is 1.93. The maximum atomic E-state index is 11.8. The molecule has 0 bridgehead atoms. The van der Waals surface area contributed by atoms with Crippen LogP contribution >= 0.6 is 15.9 Å². The van der Waals surface area contributed by atoms with Gasteiger partial charge in [0.1, 0.15) is 0 Å². The molecule has 0 saturated carbocycles. The van der Waals surface area contributed by atoms with Gasteiger partial charge < -0.3 is 4.90 Å². The Morgan fingerprint density at radius 3 is 2.54 bits per heavy atom. The van der Waals surface area contributed by atoms with Gasteiger partial charge in [-0.05, 0) is 6.42 Å². The Morgan fingerprint density at radius 2 is 2.15 bits per heavy atom. The Bertz CT molecular complexity index is 206. The van der Waals surface area contributed by atoms with E-state index < -0.39 is 12.6 Å². The minimum Gasteiger partial charge on any atom is -0.341 e. The lowest BCUT2D eigenvalue weighted by molar-refractivity contribution is -0.142. The third kappa shape index (κ3) is 3.17. The highest BCUT2D eigenvalue weighted by Gasteiger charge is 2.33. The van der Waals surface area contributed by atoms with E-state index in [1.165, 1.54) is 4.90 Å². The second-order valence-electron chi connectivity index (χ2n) is 2.95. The van der Waals surface area contributed by atoms with Gasteiger partial charge in [-0.1, -0.05) is 15.9 Å². The number of likely N-dealkylation sites (tertiary alicyclic amines) is 1. The summed E-state index contributed by atoms with van der Waals surface area (Å²) in [6, 6.07) is 0. The fraction of sp³-hybridized carbons (Fsp3) is 0.857. The Hall–Kier alpha value is -0.260. The number of nitrogens with zero attached hydrogens (tertiary/aromatic N) is 1. The van der Waals surface area contributed by atoms with Crippen molar-refractivity contribution in [3.05, 3.63) is 0 Å². The SMILES string of the molecule is O=C1C(Br)CCN1CCC(F)(F)F. The molecule has 2 nitrogen and oxygen atoms in total. The first-order valence-electron chi connectivity index (χ1n) is 3.90. The van der Waals surface area contributed by atoms with Crippen LogP contribution in [0.4, 0.5) is 13.2 Å². The number of halogens is 4. The maximum Gasteiger partial charge on any atom is 0.390 e. The zero-order chi connectivity index (χ0) is 10.1. The number of amides is 1. The van der Waals surface area contributed by atoms with Crippen LogP contribution in [0.3, 0.4) is 0 Å². The maximum absolute atomic E-state index is 11.8. The zero-order valence-corrected chi connectivity index (χ0v) is 8.36. The Balaban J connectivity index is 2.35. The molecule has 76 valence electrons. The highest BCUT2D eigenvalue weighted by Crippen LogP contribution is 2.23. The zero-order valence-electron chi connectivity index (χ0n) is 6.77. The second-order valence-corrected chi connectivity index (χ2v) is 4.05. The molecule has 1 atom stereocenters. The van der Waals surface area contributed by atoms with Crippen molar-refractivity contribution >= 4 is 21.8 Å². The number of hydrogen-bond acceptors (Lipinski definition) is 1. The molecule has 0 aromatic carbocycles. The van der Waals surface area contributed by atoms with Crippen molar-refractivity contribution in [1.82, 2.24) is 4.90 Å². The Labute approximate surface area is 82.2 Å². The van der Waals surface area contributed by atoms with Gasteiger partial charge in [-0.3, -0.25) is 4.79 Å². The van der Waals surface area contributed by atoms with Gasteiger partial charge in [-0.15, -0.1) is 0 Å². The Kier molecular flexibility index (Phi) is 3.21. The summed E-state index contributed by atoms with van der Waals surface area (Å²) < 4.78 is 35.4. The molecule has 1 aliphatic heterocycles. The van der Waals surface area contributed by atoms with Crippen molar-refractivity contribution < 1.29 is 18.0 Å². The highest BCUT2D eigenvalue weighted by atomic mass is 79.9. The summed E-state index contributed by atoms with van der Waals surface area (Å²) in [5, 5.41) is 0. The largest absolute Gasteiger partial charge is 0.390 e. The van der Waals surface area contributed by atoms with Crippen molar-refractivity contribution in [3.8, 4) is 0 Å². The molecule has 0 aromatic rings. The van der Waals surface area contributed by atoms with Crippen molar-refractivity contribution in [2.45, 2.75) is 23.8 Å². The summed E-state index contributed by atoms with van der Waals surface area (Å²) >= 11 is 3.09. The lowest BCUT2D eigenvalue weighted by Crippen LogP contribution is -2.31. The van der Waals surface area contributed by atoms with Gasteiger partial charge in [0.15, 0.2) is 0 Å². The summed E-state index contributed by atoms with van der Waals surface area (Å²) in [5.74, 6) is -0.232. The van der Waals surface area contributed by atoms with E-state index in [0.717, 1.165) is 0 Å². The first-order valence-corrected chi connectivity index (χ1v) is 4.81. The minimum atomic E-state index is -4.18. The van der Waals surface area contributed by atoms with Crippen LogP contribution in [0.5, 0.6) is 0 Å². The minimum absolute atomic E-state index is 0.218. The number of hydrogen-bond donors (Lipinski definition) is 0. The molecule has 1 heterocycles. The van der Waals surface area contributed by atoms with E-state index in [1.54, 1.807) is 0 Å². The molecule has 1 rings (SSSR count). The van der Waals surface area contributed by atoms with E-state index in [1.807, 2.05) is 0 Å². The van der Waals surface area contributed by atoms with E-state index in [2.05, 4.69) is 15.9 Å². The van der Waals surface area contributed by atoms with Crippen LogP contribution < -0.4 is 0 Å². The molecule has 0 aromatic heterocycles. The third-order valence-electron chi connectivity index (χ3n) is 1.90. The van der Waals surface area contributed by atoms with Crippen molar-refractivity contribution in [2.24, 2.45) is 0 Å². The number of carbonyl (C=O) groups excluding carboxylic acids is 1. The van der Waals surface area contributed by atoms with Crippen molar-refractivity contribution in [1.29, 1.82) is 0 Å². The monoisotopic (exact) mass is 259 g/mol. The average Bonchev–Trinajstić information content (AvgIpc) is 2.29. The molecule has 0 spiro atoms. The molecule has 1 saturated heterocycles. The van der Waals surface area contributed by atoms with Gasteiger partial charge in [0, 0.05) is 13.1 Å². The molecule has 0 aliphatic carbocycles. The van der Waals surface area contributed by atoms with E-state index in [0.29, 0.717) is 13.0 Å². The standard InChI is InChI=1S/C7H9BrF3NO/c8-5-1-3-12(6(5)13)4-2-7(9,10)11/h5H,1-4H2. The van der Waals surface area contributed by atoms with Crippen LogP contribution in [0, 0.1) is 0 Å². The number of alkyl halides is 4. The van der Waals surface area contributed by atoms with Gasteiger partial charge >= 0.3 is 6.18 Å². The number of rotatable bonds is 2. The second kappa shape index (κ2) is 3.86. The van der Waals surface area contributed by atoms with Crippen LogP contribution in [0.15, 0.2) is 0 Å². The molecule has 6 heteroatoms. The summed E-state index contributed by atoms with van der Waals surface area (Å²) in [4.78, 5) is 12.1. The lowest BCUT2D eigenvalue weighted by atomic mass is 10.4. The smallest absolute Gasteiger partial charge is 0.341 e. The lowest BCUT2D eigenvalue weighted by Gasteiger charge is -2.16. The molecule has 13 heavy (non-hydrogen) atoms. The number of carbonyl (C=O) groups is 1. The van der Waals surface area contributed by atoms with Crippen molar-refractivity contribution in [3.63, 3.8) is 0 Å². The van der Waals surface area contributed by atoms with E-state index in [4.69, 9.17) is 0 Å². The summed E-state index contributed by atoms with van der Waals surface area (Å²) in [7, 11) is 0. The molecule has 1 unspecified atom stereocenters. The topological polar surface area (TPSA) is 20.3 Å². The molecular weight excluding hydrogens is 251 g/mol. The molecule has 0 radical (unpaired) electrons. The third-order valence-corrected chi connectivity index (χ3v) is 2.75. The van der Waals surface area contributed by atoms with Crippen LogP contribution in [-0.2, 0) is 4.79 Å². The van der Waals surface area contributed by atoms with Crippen LogP contribution in [0.1, 0.15) is 12.8 Å². The van der Waals surface area contributed by atoms with Crippen molar-refractivity contribution in [2.75, 3.05) is 13.1 Å². The van der Waals surface area contributed by atoms with Gasteiger partial charge in [0.25, 0.3) is 0 Å². The van der Waals surface area contributed by atoms with Gasteiger partial charge in [0.05, 0.1) is 11.2 Å². The van der Waals surface area contributed by atoms with Crippen LogP contribution in [0.2, 0.25) is 0 Å². The fourth-order valence-corrected chi connectivity index (χ4v) is 1.68. The molecule has 1 amide bonds. The first kappa shape index (κ1) is 10.8. The normalized spacial score (nSPS) is 24.2. The first-order chi connectivity index (χ1) is 5.90. The van der Waals surface area contributed by atoms with Crippen LogP contribution in [-0.4, -0.2) is 34.9 Å². The van der Waals surface area contributed by atoms with Gasteiger partial charge in [-0.25, -0.2) is 0 Å². The van der Waals surface area contributed by atoms with E-state index in [9.17, 15) is 18.0 Å². The van der Waals surface area contributed by atoms with Crippen LogP contribution in [0.25, 0.3) is 0 Å². The van der Waals surface area contributed by atoms with Gasteiger partial charge in [-0.2, -0.15) is 13.2 Å². The summed E-state index contributed by atoms with van der Waals surface area (Å²) in [6.45, 7) is 0.204. The molecule has 1 fully saturated rings. The quantitative estimate of drug-likeness (QED) is 0.695. The van der Waals surface area contributed by atoms with Gasteiger partial charge in [0.2, 0.25) is 5.91 Å². The predicted molar refractivity (Wildman–Crippen MR) is 44.6 cm³/mol. The summed E-state index contributed by atoms with van der Waals surface area (Å²) in [6.07, 6.45) is -4.50. The highest BCUT2D eigenvalue weighted by molar-refractivity contribution is 9.10. The summed E-state index contributed by atoms with van der Waals surface area (Å²) in [5.41, 5.74) is 0. The van der Waals surface area contributed by atoms with E-state index in [-0.39, 0.29) is 17.3 Å². The molecule has 1 aliphatic rings. The van der Waals surface area contributed by atoms with E-state index >= 15 is 0 Å². The molecule has 0 N–H and O–H groups in total. The molecular formula is C7H9BrF3NO.